The lowest BCUT2D eigenvalue weighted by atomic mass is 10.0. The molecule has 0 aliphatic heterocycles. The number of thiophene rings is 1. The Labute approximate surface area is 129 Å². The van der Waals surface area contributed by atoms with Crippen molar-refractivity contribution in [3.8, 4) is 16.9 Å². The van der Waals surface area contributed by atoms with Crippen LogP contribution in [0.2, 0.25) is 0 Å². The smallest absolute Gasteiger partial charge is 0.128 e. The van der Waals surface area contributed by atoms with Gasteiger partial charge in [0.1, 0.15) is 12.4 Å². The molecular formula is C19H16OS. The van der Waals surface area contributed by atoms with E-state index in [1.807, 2.05) is 36.4 Å². The summed E-state index contributed by atoms with van der Waals surface area (Å²) in [5, 5.41) is 4.22. The lowest BCUT2D eigenvalue weighted by molar-refractivity contribution is 0.307. The zero-order chi connectivity index (χ0) is 14.5. The Hall–Kier alpha value is -2.32. The summed E-state index contributed by atoms with van der Waals surface area (Å²) in [6.45, 7) is 4.48. The van der Waals surface area contributed by atoms with Gasteiger partial charge in [0, 0.05) is 5.56 Å². The van der Waals surface area contributed by atoms with Crippen LogP contribution in [0, 0.1) is 0 Å². The minimum atomic E-state index is 0.568. The van der Waals surface area contributed by atoms with E-state index in [1.165, 1.54) is 5.56 Å². The fourth-order valence-corrected chi connectivity index (χ4v) is 2.94. The Morgan fingerprint density at radius 2 is 1.86 bits per heavy atom. The molecule has 0 saturated heterocycles. The number of rotatable bonds is 5. The van der Waals surface area contributed by atoms with Crippen LogP contribution in [0.5, 0.6) is 5.75 Å². The average molecular weight is 292 g/mol. The molecule has 0 fully saturated rings. The van der Waals surface area contributed by atoms with Crippen LogP contribution >= 0.6 is 11.3 Å². The fraction of sp³-hybridized carbons (Fsp3) is 0.0526. The summed E-state index contributed by atoms with van der Waals surface area (Å²) < 4.78 is 6.05. The van der Waals surface area contributed by atoms with Crippen LogP contribution in [0.15, 0.2) is 71.9 Å². The Bertz CT molecular complexity index is 715. The van der Waals surface area contributed by atoms with Crippen molar-refractivity contribution in [3.63, 3.8) is 0 Å². The van der Waals surface area contributed by atoms with Gasteiger partial charge in [-0.15, -0.1) is 0 Å². The van der Waals surface area contributed by atoms with Crippen LogP contribution in [0.4, 0.5) is 0 Å². The molecule has 0 aliphatic rings. The van der Waals surface area contributed by atoms with Crippen molar-refractivity contribution in [1.82, 2.24) is 0 Å². The SMILES string of the molecule is C=Cc1cccc(OCc2ccccc2)c1-c1ccsc1. The van der Waals surface area contributed by atoms with Crippen molar-refractivity contribution in [2.24, 2.45) is 0 Å². The molecule has 1 aromatic heterocycles. The summed E-state index contributed by atoms with van der Waals surface area (Å²) in [7, 11) is 0. The van der Waals surface area contributed by atoms with Crippen LogP contribution in [0.3, 0.4) is 0 Å². The standard InChI is InChI=1S/C19H16OS/c1-2-16-9-6-10-18(19(16)17-11-12-21-14-17)20-13-15-7-4-3-5-8-15/h2-12,14H,1,13H2. The van der Waals surface area contributed by atoms with Crippen molar-refractivity contribution < 1.29 is 4.74 Å². The molecule has 0 aliphatic carbocycles. The molecule has 1 nitrogen and oxygen atoms in total. The number of hydrogen-bond acceptors (Lipinski definition) is 2. The molecule has 0 spiro atoms. The van der Waals surface area contributed by atoms with Gasteiger partial charge >= 0.3 is 0 Å². The zero-order valence-corrected chi connectivity index (χ0v) is 12.5. The minimum absolute atomic E-state index is 0.568. The van der Waals surface area contributed by atoms with Gasteiger partial charge in [-0.3, -0.25) is 0 Å². The first kappa shape index (κ1) is 13.7. The van der Waals surface area contributed by atoms with Gasteiger partial charge in [0.25, 0.3) is 0 Å². The first-order valence-electron chi connectivity index (χ1n) is 6.83. The second-order valence-electron chi connectivity index (χ2n) is 4.71. The molecule has 0 atom stereocenters. The lowest BCUT2D eigenvalue weighted by Crippen LogP contribution is -1.97. The van der Waals surface area contributed by atoms with E-state index in [0.29, 0.717) is 6.61 Å². The molecule has 0 radical (unpaired) electrons. The molecule has 3 rings (SSSR count). The van der Waals surface area contributed by atoms with E-state index in [9.17, 15) is 0 Å². The first-order valence-corrected chi connectivity index (χ1v) is 7.77. The predicted molar refractivity (Wildman–Crippen MR) is 90.6 cm³/mol. The second-order valence-corrected chi connectivity index (χ2v) is 5.49. The van der Waals surface area contributed by atoms with Crippen LogP contribution in [-0.4, -0.2) is 0 Å². The summed E-state index contributed by atoms with van der Waals surface area (Å²) in [4.78, 5) is 0. The molecule has 0 amide bonds. The summed E-state index contributed by atoms with van der Waals surface area (Å²) in [6.07, 6.45) is 1.88. The fourth-order valence-electron chi connectivity index (χ4n) is 2.29. The Balaban J connectivity index is 1.93. The molecule has 2 heteroatoms. The van der Waals surface area contributed by atoms with Crippen LogP contribution in [-0.2, 0) is 6.61 Å². The number of benzene rings is 2. The van der Waals surface area contributed by atoms with E-state index < -0.39 is 0 Å². The topological polar surface area (TPSA) is 9.23 Å². The summed E-state index contributed by atoms with van der Waals surface area (Å²) in [5.74, 6) is 0.898. The number of ether oxygens (including phenoxy) is 1. The van der Waals surface area contributed by atoms with E-state index in [0.717, 1.165) is 22.4 Å². The second kappa shape index (κ2) is 6.42. The molecule has 0 N–H and O–H groups in total. The van der Waals surface area contributed by atoms with Gasteiger partial charge in [0.05, 0.1) is 0 Å². The van der Waals surface area contributed by atoms with Crippen molar-refractivity contribution in [2.45, 2.75) is 6.61 Å². The molecule has 3 aromatic rings. The Kier molecular flexibility index (Phi) is 4.17. The third-order valence-electron chi connectivity index (χ3n) is 3.33. The van der Waals surface area contributed by atoms with Crippen molar-refractivity contribution >= 4 is 17.4 Å². The van der Waals surface area contributed by atoms with E-state index in [2.05, 4.69) is 41.6 Å². The highest BCUT2D eigenvalue weighted by atomic mass is 32.1. The molecule has 1 heterocycles. The molecular weight excluding hydrogens is 276 g/mol. The average Bonchev–Trinajstić information content (AvgIpc) is 3.07. The van der Waals surface area contributed by atoms with Gasteiger partial charge in [-0.1, -0.05) is 55.1 Å². The Morgan fingerprint density at radius 1 is 1.00 bits per heavy atom. The van der Waals surface area contributed by atoms with Gasteiger partial charge in [0.15, 0.2) is 0 Å². The van der Waals surface area contributed by atoms with Gasteiger partial charge in [-0.25, -0.2) is 0 Å². The first-order chi connectivity index (χ1) is 10.4. The predicted octanol–water partition coefficient (Wildman–Crippen LogP) is 5.64. The van der Waals surface area contributed by atoms with E-state index in [-0.39, 0.29) is 0 Å². The van der Waals surface area contributed by atoms with Crippen LogP contribution < -0.4 is 4.74 Å². The normalized spacial score (nSPS) is 10.3. The van der Waals surface area contributed by atoms with Gasteiger partial charge in [0.2, 0.25) is 0 Å². The van der Waals surface area contributed by atoms with Gasteiger partial charge in [-0.2, -0.15) is 11.3 Å². The minimum Gasteiger partial charge on any atom is -0.488 e. The third kappa shape index (κ3) is 3.06. The highest BCUT2D eigenvalue weighted by Gasteiger charge is 2.10. The molecule has 0 unspecified atom stereocenters. The maximum atomic E-state index is 6.05. The van der Waals surface area contributed by atoms with E-state index in [1.54, 1.807) is 11.3 Å². The van der Waals surface area contributed by atoms with Gasteiger partial charge < -0.3 is 4.74 Å². The van der Waals surface area contributed by atoms with E-state index in [4.69, 9.17) is 4.74 Å². The summed E-state index contributed by atoms with van der Waals surface area (Å²) >= 11 is 1.69. The molecule has 2 aromatic carbocycles. The molecule has 21 heavy (non-hydrogen) atoms. The monoisotopic (exact) mass is 292 g/mol. The molecule has 104 valence electrons. The third-order valence-corrected chi connectivity index (χ3v) is 4.01. The summed E-state index contributed by atoms with van der Waals surface area (Å²) in [6, 6.07) is 18.4. The zero-order valence-electron chi connectivity index (χ0n) is 11.7. The highest BCUT2D eigenvalue weighted by molar-refractivity contribution is 7.08. The van der Waals surface area contributed by atoms with Crippen molar-refractivity contribution in [1.29, 1.82) is 0 Å². The molecule has 0 saturated carbocycles. The quantitative estimate of drug-likeness (QED) is 0.591. The largest absolute Gasteiger partial charge is 0.488 e. The summed E-state index contributed by atoms with van der Waals surface area (Å²) in [5.41, 5.74) is 4.56. The number of hydrogen-bond donors (Lipinski definition) is 0. The maximum absolute atomic E-state index is 6.05. The highest BCUT2D eigenvalue weighted by Crippen LogP contribution is 2.35. The Morgan fingerprint density at radius 3 is 2.57 bits per heavy atom. The van der Waals surface area contributed by atoms with Crippen molar-refractivity contribution in [3.05, 3.63) is 83.1 Å². The van der Waals surface area contributed by atoms with E-state index >= 15 is 0 Å². The maximum Gasteiger partial charge on any atom is 0.128 e. The van der Waals surface area contributed by atoms with Crippen molar-refractivity contribution in [2.75, 3.05) is 0 Å². The van der Waals surface area contributed by atoms with Gasteiger partial charge in [-0.05, 0) is 39.6 Å². The molecule has 0 bridgehead atoms. The lowest BCUT2D eigenvalue weighted by Gasteiger charge is -2.13. The van der Waals surface area contributed by atoms with Crippen LogP contribution in [0.25, 0.3) is 17.2 Å². The van der Waals surface area contributed by atoms with Crippen LogP contribution in [0.1, 0.15) is 11.1 Å².